The van der Waals surface area contributed by atoms with Crippen molar-refractivity contribution >= 4 is 0 Å². The third-order valence-corrected chi connectivity index (χ3v) is 4.95. The highest BCUT2D eigenvalue weighted by molar-refractivity contribution is 5.82. The molecule has 2 aromatic carbocycles. The summed E-state index contributed by atoms with van der Waals surface area (Å²) in [6, 6.07) is 22.1. The Labute approximate surface area is 152 Å². The highest BCUT2D eigenvalue weighted by atomic mass is 15.0. The lowest BCUT2D eigenvalue weighted by molar-refractivity contribution is 0.580. The molecular weight excluding hydrogens is 302 g/mol. The van der Waals surface area contributed by atoms with Crippen molar-refractivity contribution in [2.45, 2.75) is 53.0 Å². The van der Waals surface area contributed by atoms with Gasteiger partial charge in [-0.05, 0) is 37.5 Å². The monoisotopic (exact) mass is 331 g/mol. The molecule has 0 fully saturated rings. The molecule has 0 saturated carbocycles. The Hall–Kier alpha value is -2.28. The number of hydrogen-bond acceptors (Lipinski definition) is 0. The quantitative estimate of drug-likeness (QED) is 0.410. The van der Waals surface area contributed by atoms with E-state index in [1.807, 2.05) is 0 Å². The summed E-state index contributed by atoms with van der Waals surface area (Å²) < 4.78 is 2.51. The van der Waals surface area contributed by atoms with Crippen LogP contribution in [0.5, 0.6) is 0 Å². The Kier molecular flexibility index (Phi) is 5.75. The number of unbranched alkanes of at least 4 members (excludes halogenated alkanes) is 3. The number of aryl methyl sites for hydroxylation is 2. The van der Waals surface area contributed by atoms with Crippen LogP contribution in [0.1, 0.15) is 43.9 Å². The van der Waals surface area contributed by atoms with E-state index in [0.29, 0.717) is 0 Å². The normalized spacial score (nSPS) is 11.0. The second-order valence-electron chi connectivity index (χ2n) is 6.99. The lowest BCUT2D eigenvalue weighted by Gasteiger charge is -2.14. The average Bonchev–Trinajstić information content (AvgIpc) is 2.96. The molecule has 0 aliphatic rings. The second-order valence-corrected chi connectivity index (χ2v) is 6.99. The van der Waals surface area contributed by atoms with Gasteiger partial charge in [-0.1, -0.05) is 86.3 Å². The Balaban J connectivity index is 2.04. The van der Waals surface area contributed by atoms with Crippen molar-refractivity contribution in [3.63, 3.8) is 0 Å². The van der Waals surface area contributed by atoms with Gasteiger partial charge in [0.05, 0.1) is 5.69 Å². The van der Waals surface area contributed by atoms with Gasteiger partial charge in [-0.3, -0.25) is 0 Å². The zero-order valence-electron chi connectivity index (χ0n) is 15.8. The fourth-order valence-corrected chi connectivity index (χ4v) is 3.52. The number of hydrogen-bond donors (Lipinski definition) is 0. The molecule has 0 N–H and O–H groups in total. The summed E-state index contributed by atoms with van der Waals surface area (Å²) in [5.74, 6) is 0. The molecule has 1 heteroatoms. The topological polar surface area (TPSA) is 4.93 Å². The first-order chi connectivity index (χ1) is 12.2. The molecule has 0 saturated heterocycles. The van der Waals surface area contributed by atoms with Gasteiger partial charge in [-0.25, -0.2) is 0 Å². The van der Waals surface area contributed by atoms with Gasteiger partial charge in [0.25, 0.3) is 0 Å². The number of rotatable bonds is 7. The molecule has 1 nitrogen and oxygen atoms in total. The minimum absolute atomic E-state index is 1.10. The fraction of sp³-hybridized carbons (Fsp3) is 0.333. The SMILES string of the molecule is CCCCCCn1c(C)cc(-c2ccc(C)cc2)c1-c1ccccc1. The number of nitrogens with zero attached hydrogens (tertiary/aromatic N) is 1. The van der Waals surface area contributed by atoms with Crippen molar-refractivity contribution in [3.8, 4) is 22.4 Å². The van der Waals surface area contributed by atoms with Gasteiger partial charge in [0.2, 0.25) is 0 Å². The highest BCUT2D eigenvalue weighted by Gasteiger charge is 2.15. The molecule has 25 heavy (non-hydrogen) atoms. The van der Waals surface area contributed by atoms with Crippen molar-refractivity contribution < 1.29 is 0 Å². The van der Waals surface area contributed by atoms with Gasteiger partial charge in [0, 0.05) is 17.8 Å². The van der Waals surface area contributed by atoms with E-state index in [-0.39, 0.29) is 0 Å². The minimum Gasteiger partial charge on any atom is -0.344 e. The van der Waals surface area contributed by atoms with E-state index in [0.717, 1.165) is 6.54 Å². The van der Waals surface area contributed by atoms with Crippen molar-refractivity contribution in [2.75, 3.05) is 0 Å². The van der Waals surface area contributed by atoms with E-state index in [4.69, 9.17) is 0 Å². The highest BCUT2D eigenvalue weighted by Crippen LogP contribution is 2.35. The molecule has 0 unspecified atom stereocenters. The van der Waals surface area contributed by atoms with Crippen LogP contribution in [0.25, 0.3) is 22.4 Å². The van der Waals surface area contributed by atoms with Crippen LogP contribution < -0.4 is 0 Å². The van der Waals surface area contributed by atoms with Crippen molar-refractivity contribution in [1.29, 1.82) is 0 Å². The third kappa shape index (κ3) is 4.04. The maximum absolute atomic E-state index is 2.51. The Morgan fingerprint density at radius 2 is 1.48 bits per heavy atom. The van der Waals surface area contributed by atoms with Gasteiger partial charge in [0.1, 0.15) is 0 Å². The molecule has 0 atom stereocenters. The summed E-state index contributed by atoms with van der Waals surface area (Å²) >= 11 is 0. The molecular formula is C24H29N. The maximum Gasteiger partial charge on any atom is 0.0562 e. The summed E-state index contributed by atoms with van der Waals surface area (Å²) in [6.45, 7) is 7.75. The van der Waals surface area contributed by atoms with Crippen LogP contribution in [0.2, 0.25) is 0 Å². The van der Waals surface area contributed by atoms with E-state index in [9.17, 15) is 0 Å². The van der Waals surface area contributed by atoms with Gasteiger partial charge in [-0.2, -0.15) is 0 Å². The van der Waals surface area contributed by atoms with Crippen molar-refractivity contribution in [3.05, 3.63) is 71.9 Å². The van der Waals surface area contributed by atoms with E-state index < -0.39 is 0 Å². The lowest BCUT2D eigenvalue weighted by Crippen LogP contribution is -2.03. The Bertz CT molecular complexity index is 794. The van der Waals surface area contributed by atoms with Crippen LogP contribution in [0.3, 0.4) is 0 Å². The smallest absolute Gasteiger partial charge is 0.0562 e. The molecule has 3 aromatic rings. The van der Waals surface area contributed by atoms with E-state index in [1.165, 1.54) is 59.3 Å². The molecule has 1 heterocycles. The van der Waals surface area contributed by atoms with Crippen molar-refractivity contribution in [2.24, 2.45) is 0 Å². The van der Waals surface area contributed by atoms with E-state index in [1.54, 1.807) is 0 Å². The van der Waals surface area contributed by atoms with Crippen LogP contribution >= 0.6 is 0 Å². The van der Waals surface area contributed by atoms with Crippen LogP contribution in [0.4, 0.5) is 0 Å². The van der Waals surface area contributed by atoms with Gasteiger partial charge in [-0.15, -0.1) is 0 Å². The minimum atomic E-state index is 1.10. The zero-order chi connectivity index (χ0) is 17.6. The van der Waals surface area contributed by atoms with Crippen molar-refractivity contribution in [1.82, 2.24) is 4.57 Å². The first kappa shape index (κ1) is 17.5. The zero-order valence-corrected chi connectivity index (χ0v) is 15.8. The summed E-state index contributed by atoms with van der Waals surface area (Å²) in [5.41, 5.74) is 7.98. The second kappa shape index (κ2) is 8.20. The Morgan fingerprint density at radius 3 is 2.16 bits per heavy atom. The van der Waals surface area contributed by atoms with E-state index >= 15 is 0 Å². The molecule has 0 bridgehead atoms. The van der Waals surface area contributed by atoms with Gasteiger partial charge in [0.15, 0.2) is 0 Å². The number of benzene rings is 2. The fourth-order valence-electron chi connectivity index (χ4n) is 3.52. The molecule has 0 amide bonds. The Morgan fingerprint density at radius 1 is 0.760 bits per heavy atom. The van der Waals surface area contributed by atoms with Crippen LogP contribution in [0.15, 0.2) is 60.7 Å². The van der Waals surface area contributed by atoms with Gasteiger partial charge < -0.3 is 4.57 Å². The maximum atomic E-state index is 2.51. The molecule has 0 aliphatic heterocycles. The molecule has 130 valence electrons. The predicted octanol–water partition coefficient (Wildman–Crippen LogP) is 7.02. The molecule has 0 radical (unpaired) electrons. The molecule has 1 aromatic heterocycles. The molecule has 3 rings (SSSR count). The lowest BCUT2D eigenvalue weighted by atomic mass is 10.0. The summed E-state index contributed by atoms with van der Waals surface area (Å²) in [6.07, 6.45) is 5.16. The standard InChI is InChI=1S/C24H29N/c1-4-5-6-10-17-25-20(3)18-23(21-15-13-19(2)14-16-21)24(25)22-11-8-7-9-12-22/h7-9,11-16,18H,4-6,10,17H2,1-3H3. The molecule has 0 spiro atoms. The predicted molar refractivity (Wildman–Crippen MR) is 109 cm³/mol. The summed E-state index contributed by atoms with van der Waals surface area (Å²) in [5, 5.41) is 0. The third-order valence-electron chi connectivity index (χ3n) is 4.95. The largest absolute Gasteiger partial charge is 0.344 e. The number of aromatic nitrogens is 1. The summed E-state index contributed by atoms with van der Waals surface area (Å²) in [7, 11) is 0. The van der Waals surface area contributed by atoms with Crippen LogP contribution in [-0.4, -0.2) is 4.57 Å². The molecule has 0 aliphatic carbocycles. The average molecular weight is 332 g/mol. The first-order valence-electron chi connectivity index (χ1n) is 9.53. The van der Waals surface area contributed by atoms with Gasteiger partial charge >= 0.3 is 0 Å². The van der Waals surface area contributed by atoms with E-state index in [2.05, 4.69) is 86.0 Å². The van der Waals surface area contributed by atoms with Crippen LogP contribution in [-0.2, 0) is 6.54 Å². The summed E-state index contributed by atoms with van der Waals surface area (Å²) in [4.78, 5) is 0. The first-order valence-corrected chi connectivity index (χ1v) is 9.53. The van der Waals surface area contributed by atoms with Crippen LogP contribution in [0, 0.1) is 13.8 Å².